The molecule has 4 rings (SSSR count). The SMILES string of the molecule is CC12C=CCC1C1CCC3CC(O)CCC3C1CC2. The molecule has 0 spiro atoms. The molecule has 4 aliphatic rings. The molecular weight excluding hydrogens is 232 g/mol. The van der Waals surface area contributed by atoms with Crippen LogP contribution < -0.4 is 0 Å². The first-order valence-electron chi connectivity index (χ1n) is 8.53. The second-order valence-electron chi connectivity index (χ2n) is 8.08. The van der Waals surface area contributed by atoms with Gasteiger partial charge in [0.1, 0.15) is 0 Å². The maximum Gasteiger partial charge on any atom is 0.0543 e. The molecule has 0 saturated heterocycles. The summed E-state index contributed by atoms with van der Waals surface area (Å²) in [6.07, 6.45) is 15.6. The number of aliphatic hydroxyl groups is 1. The Hall–Kier alpha value is -0.300. The molecular formula is C18H28O. The Morgan fingerprint density at radius 1 is 1.00 bits per heavy atom. The van der Waals surface area contributed by atoms with Gasteiger partial charge in [-0.05, 0) is 86.4 Å². The van der Waals surface area contributed by atoms with Gasteiger partial charge in [0, 0.05) is 0 Å². The first kappa shape index (κ1) is 12.4. The summed E-state index contributed by atoms with van der Waals surface area (Å²) in [6, 6.07) is 0. The number of rotatable bonds is 0. The topological polar surface area (TPSA) is 20.2 Å². The van der Waals surface area contributed by atoms with Crippen LogP contribution in [0, 0.1) is 35.0 Å². The minimum absolute atomic E-state index is 0.0137. The van der Waals surface area contributed by atoms with Gasteiger partial charge in [-0.15, -0.1) is 0 Å². The van der Waals surface area contributed by atoms with Crippen molar-refractivity contribution in [3.8, 4) is 0 Å². The summed E-state index contributed by atoms with van der Waals surface area (Å²) in [4.78, 5) is 0. The van der Waals surface area contributed by atoms with Gasteiger partial charge in [-0.25, -0.2) is 0 Å². The Labute approximate surface area is 117 Å². The fourth-order valence-electron chi connectivity index (χ4n) is 6.31. The highest BCUT2D eigenvalue weighted by Gasteiger charge is 2.52. The molecule has 4 aliphatic carbocycles. The van der Waals surface area contributed by atoms with Gasteiger partial charge in [0.05, 0.1) is 6.10 Å². The molecule has 106 valence electrons. The summed E-state index contributed by atoms with van der Waals surface area (Å²) < 4.78 is 0. The highest BCUT2D eigenvalue weighted by Crippen LogP contribution is 2.60. The Morgan fingerprint density at radius 3 is 2.74 bits per heavy atom. The Morgan fingerprint density at radius 2 is 1.84 bits per heavy atom. The molecule has 3 fully saturated rings. The minimum Gasteiger partial charge on any atom is -0.393 e. The zero-order valence-corrected chi connectivity index (χ0v) is 12.2. The fraction of sp³-hybridized carbons (Fsp3) is 0.889. The molecule has 0 aromatic heterocycles. The molecule has 0 bridgehead atoms. The third-order valence-corrected chi connectivity index (χ3v) is 7.25. The van der Waals surface area contributed by atoms with Crippen LogP contribution in [0.15, 0.2) is 12.2 Å². The molecule has 1 heteroatoms. The predicted octanol–water partition coefficient (Wildman–Crippen LogP) is 4.17. The van der Waals surface area contributed by atoms with E-state index in [9.17, 15) is 5.11 Å². The average Bonchev–Trinajstić information content (AvgIpc) is 2.79. The third kappa shape index (κ3) is 1.84. The Balaban J connectivity index is 1.57. The molecule has 0 heterocycles. The first-order valence-corrected chi connectivity index (χ1v) is 8.53. The van der Waals surface area contributed by atoms with E-state index in [1.807, 2.05) is 0 Å². The quantitative estimate of drug-likeness (QED) is 0.648. The lowest BCUT2D eigenvalue weighted by atomic mass is 9.50. The lowest BCUT2D eigenvalue weighted by molar-refractivity contribution is -0.0607. The fourth-order valence-corrected chi connectivity index (χ4v) is 6.31. The molecule has 1 N–H and O–H groups in total. The molecule has 0 amide bonds. The van der Waals surface area contributed by atoms with Crippen molar-refractivity contribution in [3.63, 3.8) is 0 Å². The molecule has 0 aromatic rings. The number of hydrogen-bond acceptors (Lipinski definition) is 1. The van der Waals surface area contributed by atoms with Crippen molar-refractivity contribution in [2.45, 2.75) is 64.4 Å². The molecule has 1 nitrogen and oxygen atoms in total. The zero-order chi connectivity index (χ0) is 13.0. The maximum atomic E-state index is 9.93. The van der Waals surface area contributed by atoms with E-state index in [-0.39, 0.29) is 6.10 Å². The van der Waals surface area contributed by atoms with Crippen LogP contribution in [0.2, 0.25) is 0 Å². The van der Waals surface area contributed by atoms with E-state index in [4.69, 9.17) is 0 Å². The zero-order valence-electron chi connectivity index (χ0n) is 12.2. The van der Waals surface area contributed by atoms with Crippen molar-refractivity contribution >= 4 is 0 Å². The van der Waals surface area contributed by atoms with Crippen LogP contribution in [0.1, 0.15) is 58.3 Å². The Bertz CT molecular complexity index is 387. The Kier molecular flexibility index (Phi) is 2.85. The molecule has 0 aliphatic heterocycles. The van der Waals surface area contributed by atoms with Gasteiger partial charge in [-0.2, -0.15) is 0 Å². The number of allylic oxidation sites excluding steroid dienone is 2. The summed E-state index contributed by atoms with van der Waals surface area (Å²) in [6.45, 7) is 2.51. The van der Waals surface area contributed by atoms with E-state index in [1.54, 1.807) is 0 Å². The van der Waals surface area contributed by atoms with E-state index in [2.05, 4.69) is 19.1 Å². The van der Waals surface area contributed by atoms with Crippen LogP contribution in [-0.2, 0) is 0 Å². The lowest BCUT2D eigenvalue weighted by Crippen LogP contribution is -2.47. The standard InChI is InChI=1S/C18H28O/c1-18-9-2-3-17(18)16-6-4-12-11-13(19)5-7-14(12)15(16)8-10-18/h2,9,12-17,19H,3-8,10-11H2,1H3. The van der Waals surface area contributed by atoms with Gasteiger partial charge in [-0.3, -0.25) is 0 Å². The van der Waals surface area contributed by atoms with Crippen molar-refractivity contribution in [2.75, 3.05) is 0 Å². The highest BCUT2D eigenvalue weighted by atomic mass is 16.3. The molecule has 7 unspecified atom stereocenters. The van der Waals surface area contributed by atoms with E-state index in [0.29, 0.717) is 5.41 Å². The number of fused-ring (bicyclic) bond motifs is 5. The van der Waals surface area contributed by atoms with Gasteiger partial charge in [-0.1, -0.05) is 19.1 Å². The van der Waals surface area contributed by atoms with Gasteiger partial charge >= 0.3 is 0 Å². The van der Waals surface area contributed by atoms with Gasteiger partial charge < -0.3 is 5.11 Å². The smallest absolute Gasteiger partial charge is 0.0543 e. The maximum absolute atomic E-state index is 9.93. The van der Waals surface area contributed by atoms with E-state index in [1.165, 1.54) is 38.5 Å². The predicted molar refractivity (Wildman–Crippen MR) is 77.6 cm³/mol. The summed E-state index contributed by atoms with van der Waals surface area (Å²) in [7, 11) is 0. The normalized spacial score (nSPS) is 56.3. The van der Waals surface area contributed by atoms with E-state index in [0.717, 1.165) is 42.4 Å². The average molecular weight is 260 g/mol. The van der Waals surface area contributed by atoms with Crippen LogP contribution in [0.4, 0.5) is 0 Å². The van der Waals surface area contributed by atoms with Crippen molar-refractivity contribution in [3.05, 3.63) is 12.2 Å². The van der Waals surface area contributed by atoms with Crippen LogP contribution in [-0.4, -0.2) is 11.2 Å². The van der Waals surface area contributed by atoms with Crippen molar-refractivity contribution in [1.29, 1.82) is 0 Å². The second kappa shape index (κ2) is 4.35. The monoisotopic (exact) mass is 260 g/mol. The van der Waals surface area contributed by atoms with Crippen LogP contribution in [0.3, 0.4) is 0 Å². The molecule has 7 atom stereocenters. The molecule has 19 heavy (non-hydrogen) atoms. The van der Waals surface area contributed by atoms with Crippen molar-refractivity contribution in [1.82, 2.24) is 0 Å². The van der Waals surface area contributed by atoms with E-state index >= 15 is 0 Å². The molecule has 0 radical (unpaired) electrons. The minimum atomic E-state index is 0.0137. The summed E-state index contributed by atoms with van der Waals surface area (Å²) in [5.41, 5.74) is 0.530. The van der Waals surface area contributed by atoms with E-state index < -0.39 is 0 Å². The number of aliphatic hydroxyl groups excluding tert-OH is 1. The summed E-state index contributed by atoms with van der Waals surface area (Å²) >= 11 is 0. The summed E-state index contributed by atoms with van der Waals surface area (Å²) in [5, 5.41) is 9.93. The van der Waals surface area contributed by atoms with Gasteiger partial charge in [0.2, 0.25) is 0 Å². The summed E-state index contributed by atoms with van der Waals surface area (Å²) in [5.74, 6) is 4.73. The lowest BCUT2D eigenvalue weighted by Gasteiger charge is -2.55. The van der Waals surface area contributed by atoms with Crippen LogP contribution in [0.25, 0.3) is 0 Å². The van der Waals surface area contributed by atoms with Gasteiger partial charge in [0.25, 0.3) is 0 Å². The number of hydrogen-bond donors (Lipinski definition) is 1. The van der Waals surface area contributed by atoms with Crippen molar-refractivity contribution in [2.24, 2.45) is 35.0 Å². The first-order chi connectivity index (χ1) is 9.17. The van der Waals surface area contributed by atoms with Crippen molar-refractivity contribution < 1.29 is 5.11 Å². The molecule has 3 saturated carbocycles. The second-order valence-corrected chi connectivity index (χ2v) is 8.08. The van der Waals surface area contributed by atoms with Crippen LogP contribution >= 0.6 is 0 Å². The van der Waals surface area contributed by atoms with Crippen LogP contribution in [0.5, 0.6) is 0 Å². The van der Waals surface area contributed by atoms with Gasteiger partial charge in [0.15, 0.2) is 0 Å². The largest absolute Gasteiger partial charge is 0.393 e. The molecule has 0 aromatic carbocycles. The third-order valence-electron chi connectivity index (χ3n) is 7.25. The highest BCUT2D eigenvalue weighted by molar-refractivity contribution is 5.14.